The van der Waals surface area contributed by atoms with Crippen molar-refractivity contribution in [1.82, 2.24) is 0 Å². The fraction of sp³-hybridized carbons (Fsp3) is 0.625. The van der Waals surface area contributed by atoms with Gasteiger partial charge in [0.1, 0.15) is 0 Å². The van der Waals surface area contributed by atoms with Gasteiger partial charge in [0.25, 0.3) is 5.69 Å². The van der Waals surface area contributed by atoms with Crippen LogP contribution >= 0.6 is 0 Å². The van der Waals surface area contributed by atoms with Crippen molar-refractivity contribution < 1.29 is 4.92 Å². The highest BCUT2D eigenvalue weighted by atomic mass is 16.6. The fourth-order valence-electron chi connectivity index (χ4n) is 3.31. The lowest BCUT2D eigenvalue weighted by Gasteiger charge is -2.35. The molecule has 0 heterocycles. The molecule has 2 unspecified atom stereocenters. The van der Waals surface area contributed by atoms with Gasteiger partial charge in [0.05, 0.1) is 4.92 Å². The van der Waals surface area contributed by atoms with Gasteiger partial charge in [-0.25, -0.2) is 0 Å². The molecule has 4 heteroatoms. The SMILES string of the molecule is Cc1c(NC2CCCCC2C(C)C)cccc1[N+](=O)[O-]. The molecule has 1 aromatic carbocycles. The third-order valence-electron chi connectivity index (χ3n) is 4.52. The third kappa shape index (κ3) is 3.11. The van der Waals surface area contributed by atoms with Crippen LogP contribution in [-0.2, 0) is 0 Å². The second-order valence-corrected chi connectivity index (χ2v) is 6.15. The lowest BCUT2D eigenvalue weighted by atomic mass is 9.77. The van der Waals surface area contributed by atoms with E-state index in [1.165, 1.54) is 19.3 Å². The fourth-order valence-corrected chi connectivity index (χ4v) is 3.31. The van der Waals surface area contributed by atoms with Gasteiger partial charge in [-0.15, -0.1) is 0 Å². The van der Waals surface area contributed by atoms with Crippen molar-refractivity contribution in [3.8, 4) is 0 Å². The molecule has 0 aliphatic heterocycles. The van der Waals surface area contributed by atoms with E-state index in [9.17, 15) is 10.1 Å². The number of nitro groups is 1. The molecule has 1 aliphatic carbocycles. The first-order valence-corrected chi connectivity index (χ1v) is 7.51. The van der Waals surface area contributed by atoms with Gasteiger partial charge in [0, 0.05) is 23.4 Å². The Labute approximate surface area is 120 Å². The Bertz CT molecular complexity index is 485. The Hall–Kier alpha value is -1.58. The van der Waals surface area contributed by atoms with Gasteiger partial charge < -0.3 is 5.32 Å². The summed E-state index contributed by atoms with van der Waals surface area (Å²) in [6.07, 6.45) is 4.96. The van der Waals surface area contributed by atoms with Crippen LogP contribution in [0.2, 0.25) is 0 Å². The minimum atomic E-state index is -0.304. The summed E-state index contributed by atoms with van der Waals surface area (Å²) in [5.41, 5.74) is 1.86. The molecule has 2 atom stereocenters. The van der Waals surface area contributed by atoms with Gasteiger partial charge in [-0.1, -0.05) is 32.8 Å². The number of nitrogens with one attached hydrogen (secondary N) is 1. The van der Waals surface area contributed by atoms with Crippen molar-refractivity contribution >= 4 is 11.4 Å². The Morgan fingerprint density at radius 1 is 1.30 bits per heavy atom. The summed E-state index contributed by atoms with van der Waals surface area (Å²) in [7, 11) is 0. The monoisotopic (exact) mass is 276 g/mol. The number of benzene rings is 1. The molecule has 1 fully saturated rings. The van der Waals surface area contributed by atoms with Crippen LogP contribution in [-0.4, -0.2) is 11.0 Å². The Morgan fingerprint density at radius 3 is 2.65 bits per heavy atom. The van der Waals surface area contributed by atoms with Crippen molar-refractivity contribution in [2.24, 2.45) is 11.8 Å². The Balaban J connectivity index is 2.20. The maximum Gasteiger partial charge on any atom is 0.274 e. The first-order chi connectivity index (χ1) is 9.50. The number of nitrogens with zero attached hydrogens (tertiary/aromatic N) is 1. The maximum atomic E-state index is 11.0. The molecule has 1 saturated carbocycles. The number of nitro benzene ring substituents is 1. The molecule has 110 valence electrons. The van der Waals surface area contributed by atoms with Crippen LogP contribution in [0.25, 0.3) is 0 Å². The second kappa shape index (κ2) is 6.25. The van der Waals surface area contributed by atoms with Crippen LogP contribution < -0.4 is 5.32 Å². The molecule has 0 bridgehead atoms. The minimum absolute atomic E-state index is 0.201. The van der Waals surface area contributed by atoms with Crippen LogP contribution in [0.5, 0.6) is 0 Å². The van der Waals surface area contributed by atoms with Crippen LogP contribution in [0.1, 0.15) is 45.1 Å². The maximum absolute atomic E-state index is 11.0. The normalized spacial score (nSPS) is 22.8. The van der Waals surface area contributed by atoms with Gasteiger partial charge in [-0.2, -0.15) is 0 Å². The third-order valence-corrected chi connectivity index (χ3v) is 4.52. The molecule has 1 N–H and O–H groups in total. The average molecular weight is 276 g/mol. The molecule has 4 nitrogen and oxygen atoms in total. The Kier molecular flexibility index (Phi) is 4.63. The molecule has 0 radical (unpaired) electrons. The summed E-state index contributed by atoms with van der Waals surface area (Å²) in [5.74, 6) is 1.30. The van der Waals surface area contributed by atoms with E-state index in [-0.39, 0.29) is 10.6 Å². The second-order valence-electron chi connectivity index (χ2n) is 6.15. The summed E-state index contributed by atoms with van der Waals surface area (Å²) >= 11 is 0. The van der Waals surface area contributed by atoms with Gasteiger partial charge in [-0.05, 0) is 37.7 Å². The van der Waals surface area contributed by atoms with E-state index in [1.54, 1.807) is 12.1 Å². The zero-order chi connectivity index (χ0) is 14.7. The standard InChI is InChI=1S/C16H24N2O2/c1-11(2)13-7-4-5-8-15(13)17-14-9-6-10-16(12(14)3)18(19)20/h6,9-11,13,15,17H,4-5,7-8H2,1-3H3. The number of hydrogen-bond acceptors (Lipinski definition) is 3. The topological polar surface area (TPSA) is 55.2 Å². The van der Waals surface area contributed by atoms with Crippen LogP contribution in [0.4, 0.5) is 11.4 Å². The predicted molar refractivity (Wildman–Crippen MR) is 82.0 cm³/mol. The van der Waals surface area contributed by atoms with Crippen molar-refractivity contribution in [3.05, 3.63) is 33.9 Å². The quantitative estimate of drug-likeness (QED) is 0.649. The molecule has 0 amide bonds. The summed E-state index contributed by atoms with van der Waals surface area (Å²) < 4.78 is 0. The summed E-state index contributed by atoms with van der Waals surface area (Å²) in [5, 5.41) is 14.6. The van der Waals surface area contributed by atoms with Crippen molar-refractivity contribution in [2.45, 2.75) is 52.5 Å². The minimum Gasteiger partial charge on any atom is -0.382 e. The van der Waals surface area contributed by atoms with E-state index in [2.05, 4.69) is 19.2 Å². The zero-order valence-electron chi connectivity index (χ0n) is 12.6. The van der Waals surface area contributed by atoms with Crippen LogP contribution in [0, 0.1) is 28.9 Å². The highest BCUT2D eigenvalue weighted by Crippen LogP contribution is 2.34. The van der Waals surface area contributed by atoms with E-state index in [0.717, 1.165) is 17.7 Å². The number of rotatable bonds is 4. The van der Waals surface area contributed by atoms with E-state index < -0.39 is 0 Å². The molecule has 0 saturated heterocycles. The van der Waals surface area contributed by atoms with Gasteiger partial charge in [-0.3, -0.25) is 10.1 Å². The predicted octanol–water partition coefficient (Wildman–Crippen LogP) is 4.53. The summed E-state index contributed by atoms with van der Waals surface area (Å²) in [6.45, 7) is 6.36. The Morgan fingerprint density at radius 2 is 2.00 bits per heavy atom. The molecular weight excluding hydrogens is 252 g/mol. The lowest BCUT2D eigenvalue weighted by molar-refractivity contribution is -0.385. The highest BCUT2D eigenvalue weighted by Gasteiger charge is 2.28. The number of hydrogen-bond donors (Lipinski definition) is 1. The van der Waals surface area contributed by atoms with E-state index in [1.807, 2.05) is 13.0 Å². The molecule has 1 aliphatic rings. The largest absolute Gasteiger partial charge is 0.382 e. The average Bonchev–Trinajstić information content (AvgIpc) is 2.41. The van der Waals surface area contributed by atoms with Crippen molar-refractivity contribution in [2.75, 3.05) is 5.32 Å². The smallest absolute Gasteiger partial charge is 0.274 e. The summed E-state index contributed by atoms with van der Waals surface area (Å²) in [6, 6.07) is 5.72. The van der Waals surface area contributed by atoms with E-state index in [0.29, 0.717) is 17.9 Å². The van der Waals surface area contributed by atoms with Gasteiger partial charge in [0.15, 0.2) is 0 Å². The molecule has 0 aromatic heterocycles. The van der Waals surface area contributed by atoms with Gasteiger partial charge >= 0.3 is 0 Å². The molecular formula is C16H24N2O2. The highest BCUT2D eigenvalue weighted by molar-refractivity contribution is 5.60. The van der Waals surface area contributed by atoms with E-state index >= 15 is 0 Å². The first-order valence-electron chi connectivity index (χ1n) is 7.51. The lowest BCUT2D eigenvalue weighted by Crippen LogP contribution is -2.35. The molecule has 20 heavy (non-hydrogen) atoms. The van der Waals surface area contributed by atoms with Gasteiger partial charge in [0.2, 0.25) is 0 Å². The summed E-state index contributed by atoms with van der Waals surface area (Å²) in [4.78, 5) is 10.7. The van der Waals surface area contributed by atoms with E-state index in [4.69, 9.17) is 0 Å². The molecule has 1 aromatic rings. The first kappa shape index (κ1) is 14.8. The molecule has 0 spiro atoms. The number of anilines is 1. The van der Waals surface area contributed by atoms with Crippen molar-refractivity contribution in [3.63, 3.8) is 0 Å². The molecule has 2 rings (SSSR count). The zero-order valence-corrected chi connectivity index (χ0v) is 12.6. The van der Waals surface area contributed by atoms with Crippen molar-refractivity contribution in [1.29, 1.82) is 0 Å². The van der Waals surface area contributed by atoms with Crippen LogP contribution in [0.15, 0.2) is 18.2 Å². The van der Waals surface area contributed by atoms with Crippen LogP contribution in [0.3, 0.4) is 0 Å².